The number of esters is 1. The molecule has 21 heavy (non-hydrogen) atoms. The maximum Gasteiger partial charge on any atom is 0.312 e. The minimum absolute atomic E-state index is 0.220. The maximum absolute atomic E-state index is 12.2. The summed E-state index contributed by atoms with van der Waals surface area (Å²) in [5.41, 5.74) is 0. The molecule has 3 atom stereocenters. The summed E-state index contributed by atoms with van der Waals surface area (Å²) < 4.78 is 5.88. The van der Waals surface area contributed by atoms with E-state index in [1.54, 1.807) is 6.92 Å². The Balaban J connectivity index is 4.86. The van der Waals surface area contributed by atoms with Crippen LogP contribution in [0.2, 0.25) is 0 Å². The smallest absolute Gasteiger partial charge is 0.312 e. The molecule has 2 N–H and O–H groups in total. The number of carbonyl (C=O) groups excluding carboxylic acids is 1. The van der Waals surface area contributed by atoms with Gasteiger partial charge in [0, 0.05) is 0 Å². The van der Waals surface area contributed by atoms with Gasteiger partial charge >= 0.3 is 11.9 Å². The van der Waals surface area contributed by atoms with Crippen LogP contribution in [0.25, 0.3) is 0 Å². The van der Waals surface area contributed by atoms with Crippen LogP contribution in [-0.4, -0.2) is 66.5 Å². The molecule has 0 amide bonds. The van der Waals surface area contributed by atoms with Crippen molar-refractivity contribution in [3.05, 3.63) is 0 Å². The molecule has 0 aromatic carbocycles. The molecule has 0 spiro atoms. The normalized spacial score (nSPS) is 16.1. The highest BCUT2D eigenvalue weighted by atomic mass is 16.5. The number of aliphatic hydroxyl groups is 1. The first kappa shape index (κ1) is 19.9. The van der Waals surface area contributed by atoms with Crippen molar-refractivity contribution in [2.75, 3.05) is 27.7 Å². The number of ether oxygens (including phenoxy) is 1. The van der Waals surface area contributed by atoms with Crippen molar-refractivity contribution < 1.29 is 29.0 Å². The van der Waals surface area contributed by atoms with E-state index in [9.17, 15) is 14.7 Å². The molecular weight excluding hydrogens is 274 g/mol. The number of carbonyl (C=O) groups is 2. The van der Waals surface area contributed by atoms with Gasteiger partial charge in [0.05, 0.1) is 39.6 Å². The first-order valence-corrected chi connectivity index (χ1v) is 7.51. The lowest BCUT2D eigenvalue weighted by Gasteiger charge is -2.30. The standard InChI is InChI=1S/C15H29NO5/c1-6-8-12(13(17)7-2)15(20)21-11(9-14(18)19)10-16(3,4)5/h11-13,17H,6-10H2,1-5H3/p+1. The fraction of sp³-hybridized carbons (Fsp3) is 0.867. The van der Waals surface area contributed by atoms with Crippen LogP contribution < -0.4 is 0 Å². The highest BCUT2D eigenvalue weighted by Gasteiger charge is 2.31. The van der Waals surface area contributed by atoms with E-state index in [2.05, 4.69) is 0 Å². The van der Waals surface area contributed by atoms with E-state index >= 15 is 0 Å². The fourth-order valence-electron chi connectivity index (χ4n) is 2.26. The third kappa shape index (κ3) is 8.67. The minimum atomic E-state index is -0.996. The summed E-state index contributed by atoms with van der Waals surface area (Å²) in [5.74, 6) is -2.07. The summed E-state index contributed by atoms with van der Waals surface area (Å²) in [5, 5.41) is 18.9. The van der Waals surface area contributed by atoms with E-state index in [0.29, 0.717) is 23.9 Å². The lowest BCUT2D eigenvalue weighted by Crippen LogP contribution is -2.45. The van der Waals surface area contributed by atoms with Gasteiger partial charge in [-0.2, -0.15) is 0 Å². The number of nitrogens with zero attached hydrogens (tertiary/aromatic N) is 1. The fourth-order valence-corrected chi connectivity index (χ4v) is 2.26. The second-order valence-electron chi connectivity index (χ2n) is 6.50. The third-order valence-corrected chi connectivity index (χ3v) is 3.22. The third-order valence-electron chi connectivity index (χ3n) is 3.22. The Morgan fingerprint density at radius 2 is 1.76 bits per heavy atom. The zero-order chi connectivity index (χ0) is 16.6. The molecule has 0 radical (unpaired) electrons. The number of carboxylic acids is 1. The molecule has 124 valence electrons. The average Bonchev–Trinajstić information content (AvgIpc) is 2.31. The molecule has 0 heterocycles. The summed E-state index contributed by atoms with van der Waals surface area (Å²) in [7, 11) is 5.73. The molecule has 6 nitrogen and oxygen atoms in total. The van der Waals surface area contributed by atoms with Crippen molar-refractivity contribution in [2.24, 2.45) is 5.92 Å². The number of quaternary nitrogens is 1. The molecule has 0 fully saturated rings. The van der Waals surface area contributed by atoms with Crippen LogP contribution >= 0.6 is 0 Å². The molecule has 0 aliphatic carbocycles. The Kier molecular flexibility index (Phi) is 8.51. The van der Waals surface area contributed by atoms with E-state index in [1.807, 2.05) is 28.1 Å². The van der Waals surface area contributed by atoms with E-state index in [0.717, 1.165) is 6.42 Å². The SMILES string of the molecule is CCCC(C(=O)OC(CC(=O)O)C[N+](C)(C)C)C(O)CC. The van der Waals surface area contributed by atoms with Crippen molar-refractivity contribution in [1.82, 2.24) is 0 Å². The van der Waals surface area contributed by atoms with Gasteiger partial charge < -0.3 is 19.4 Å². The summed E-state index contributed by atoms with van der Waals surface area (Å²) in [6, 6.07) is 0. The highest BCUT2D eigenvalue weighted by molar-refractivity contribution is 5.74. The van der Waals surface area contributed by atoms with Crippen molar-refractivity contribution >= 4 is 11.9 Å². The van der Waals surface area contributed by atoms with Gasteiger partial charge in [-0.15, -0.1) is 0 Å². The molecule has 0 bridgehead atoms. The van der Waals surface area contributed by atoms with Gasteiger partial charge in [0.15, 0.2) is 6.10 Å². The van der Waals surface area contributed by atoms with Crippen LogP contribution in [-0.2, 0) is 14.3 Å². The van der Waals surface area contributed by atoms with E-state index < -0.39 is 30.1 Å². The topological polar surface area (TPSA) is 83.8 Å². The Morgan fingerprint density at radius 3 is 2.14 bits per heavy atom. The molecule has 6 heteroatoms. The van der Waals surface area contributed by atoms with Crippen LogP contribution in [0.1, 0.15) is 39.5 Å². The Morgan fingerprint density at radius 1 is 1.19 bits per heavy atom. The van der Waals surface area contributed by atoms with Gasteiger partial charge in [0.2, 0.25) is 0 Å². The van der Waals surface area contributed by atoms with Crippen LogP contribution in [0, 0.1) is 5.92 Å². The van der Waals surface area contributed by atoms with Crippen molar-refractivity contribution in [3.63, 3.8) is 0 Å². The molecule has 0 saturated carbocycles. The molecule has 3 unspecified atom stereocenters. The minimum Gasteiger partial charge on any atom is -0.481 e. The number of hydrogen-bond acceptors (Lipinski definition) is 4. The van der Waals surface area contributed by atoms with Crippen LogP contribution in [0.5, 0.6) is 0 Å². The Hall–Kier alpha value is -1.14. The number of likely N-dealkylation sites (N-methyl/N-ethyl adjacent to an activating group) is 1. The number of aliphatic hydroxyl groups excluding tert-OH is 1. The number of rotatable bonds is 10. The predicted octanol–water partition coefficient (Wildman–Crippen LogP) is 1.27. The lowest BCUT2D eigenvalue weighted by molar-refractivity contribution is -0.873. The Bertz CT molecular complexity index is 337. The van der Waals surface area contributed by atoms with Gasteiger partial charge in [-0.3, -0.25) is 9.59 Å². The summed E-state index contributed by atoms with van der Waals surface area (Å²) in [4.78, 5) is 23.1. The zero-order valence-corrected chi connectivity index (χ0v) is 13.8. The van der Waals surface area contributed by atoms with E-state index in [-0.39, 0.29) is 6.42 Å². The van der Waals surface area contributed by atoms with Gasteiger partial charge in [-0.05, 0) is 12.8 Å². The van der Waals surface area contributed by atoms with Crippen molar-refractivity contribution in [1.29, 1.82) is 0 Å². The molecule has 0 aliphatic rings. The summed E-state index contributed by atoms with van der Waals surface area (Å²) in [6.07, 6.45) is 0.125. The maximum atomic E-state index is 12.2. The van der Waals surface area contributed by atoms with Crippen LogP contribution in [0.4, 0.5) is 0 Å². The average molecular weight is 304 g/mol. The van der Waals surface area contributed by atoms with Crippen molar-refractivity contribution in [3.8, 4) is 0 Å². The summed E-state index contributed by atoms with van der Waals surface area (Å²) >= 11 is 0. The quantitative estimate of drug-likeness (QED) is 0.469. The molecule has 0 aliphatic heterocycles. The van der Waals surface area contributed by atoms with E-state index in [4.69, 9.17) is 9.84 Å². The monoisotopic (exact) mass is 304 g/mol. The number of hydrogen-bond donors (Lipinski definition) is 2. The largest absolute Gasteiger partial charge is 0.481 e. The van der Waals surface area contributed by atoms with Crippen LogP contribution in [0.3, 0.4) is 0 Å². The van der Waals surface area contributed by atoms with Gasteiger partial charge in [0.1, 0.15) is 6.54 Å². The number of aliphatic carboxylic acids is 1. The molecular formula is C15H30NO5+. The lowest BCUT2D eigenvalue weighted by atomic mass is 9.95. The van der Waals surface area contributed by atoms with Gasteiger partial charge in [0.25, 0.3) is 0 Å². The van der Waals surface area contributed by atoms with E-state index in [1.165, 1.54) is 0 Å². The second kappa shape index (κ2) is 9.00. The van der Waals surface area contributed by atoms with Gasteiger partial charge in [-0.25, -0.2) is 0 Å². The van der Waals surface area contributed by atoms with Crippen molar-refractivity contribution in [2.45, 2.75) is 51.7 Å². The summed E-state index contributed by atoms with van der Waals surface area (Å²) in [6.45, 7) is 4.16. The zero-order valence-electron chi connectivity index (χ0n) is 13.8. The predicted molar refractivity (Wildman–Crippen MR) is 79.7 cm³/mol. The molecule has 0 saturated heterocycles. The molecule has 0 rings (SSSR count). The number of carboxylic acid groups (broad SMARTS) is 1. The second-order valence-corrected chi connectivity index (χ2v) is 6.50. The Labute approximate surface area is 127 Å². The van der Waals surface area contributed by atoms with Gasteiger partial charge in [-0.1, -0.05) is 20.3 Å². The molecule has 0 aromatic rings. The first-order chi connectivity index (χ1) is 9.60. The van der Waals surface area contributed by atoms with Crippen LogP contribution in [0.15, 0.2) is 0 Å². The highest BCUT2D eigenvalue weighted by Crippen LogP contribution is 2.18. The first-order valence-electron chi connectivity index (χ1n) is 7.51. The molecule has 0 aromatic heterocycles.